The Balaban J connectivity index is 1.32. The Hall–Kier alpha value is -2.37. The summed E-state index contributed by atoms with van der Waals surface area (Å²) in [6, 6.07) is 3.77. The van der Waals surface area contributed by atoms with E-state index in [1.807, 2.05) is 12.1 Å². The van der Waals surface area contributed by atoms with Gasteiger partial charge < -0.3 is 9.32 Å². The van der Waals surface area contributed by atoms with E-state index in [0.717, 1.165) is 30.4 Å². The molecule has 0 aromatic carbocycles. The van der Waals surface area contributed by atoms with Crippen LogP contribution in [-0.4, -0.2) is 36.1 Å². The highest BCUT2D eigenvalue weighted by atomic mass is 16.4. The number of carbonyl (C=O) groups excluding carboxylic acids is 2. The predicted octanol–water partition coefficient (Wildman–Crippen LogP) is 2.41. The largest absolute Gasteiger partial charge is 0.440 e. The summed E-state index contributed by atoms with van der Waals surface area (Å²) in [4.78, 5) is 27.4. The molecule has 3 fully saturated rings. The second-order valence-corrected chi connectivity index (χ2v) is 7.46. The molecule has 2 saturated heterocycles. The number of rotatable bonds is 3. The van der Waals surface area contributed by atoms with Crippen LogP contribution < -0.4 is 4.90 Å². The highest BCUT2D eigenvalue weighted by Crippen LogP contribution is 2.52. The van der Waals surface area contributed by atoms with E-state index in [1.54, 1.807) is 0 Å². The van der Waals surface area contributed by atoms with Gasteiger partial charge in [-0.1, -0.05) is 12.2 Å². The first-order chi connectivity index (χ1) is 12.2. The molecule has 25 heavy (non-hydrogen) atoms. The molecule has 4 aliphatic rings. The van der Waals surface area contributed by atoms with Crippen molar-refractivity contribution in [3.05, 3.63) is 30.0 Å². The van der Waals surface area contributed by atoms with Crippen molar-refractivity contribution in [2.45, 2.75) is 25.7 Å². The summed E-state index contributed by atoms with van der Waals surface area (Å²) in [7, 11) is 0. The molecule has 2 amide bonds. The van der Waals surface area contributed by atoms with E-state index < -0.39 is 0 Å². The van der Waals surface area contributed by atoms with Crippen molar-refractivity contribution in [3.63, 3.8) is 0 Å². The molecule has 4 atom stereocenters. The van der Waals surface area contributed by atoms with E-state index in [1.165, 1.54) is 25.5 Å². The molecule has 5 rings (SSSR count). The third-order valence-electron chi connectivity index (χ3n) is 6.03. The first-order valence-electron chi connectivity index (χ1n) is 9.17. The van der Waals surface area contributed by atoms with Crippen LogP contribution in [0.4, 0.5) is 5.88 Å². The zero-order chi connectivity index (χ0) is 17.0. The first-order valence-corrected chi connectivity index (χ1v) is 9.17. The number of hydrazone groups is 1. The van der Waals surface area contributed by atoms with Crippen LogP contribution >= 0.6 is 0 Å². The Morgan fingerprint density at radius 3 is 2.36 bits per heavy atom. The van der Waals surface area contributed by atoms with Crippen LogP contribution in [0.2, 0.25) is 0 Å². The molecule has 0 spiro atoms. The number of piperidine rings is 1. The number of hydrogen-bond acceptors (Lipinski definition) is 5. The molecule has 1 aromatic heterocycles. The van der Waals surface area contributed by atoms with Gasteiger partial charge >= 0.3 is 0 Å². The van der Waals surface area contributed by atoms with Gasteiger partial charge in [-0.3, -0.25) is 9.59 Å². The Morgan fingerprint density at radius 1 is 1.00 bits per heavy atom. The zero-order valence-electron chi connectivity index (χ0n) is 14.0. The summed E-state index contributed by atoms with van der Waals surface area (Å²) in [5, 5.41) is 5.22. The molecule has 2 aliphatic carbocycles. The maximum absolute atomic E-state index is 12.6. The maximum Gasteiger partial charge on any atom is 0.254 e. The number of imide groups is 1. The van der Waals surface area contributed by atoms with Gasteiger partial charge in [-0.2, -0.15) is 10.1 Å². The number of amides is 2. The molecular formula is C19H21N3O3. The normalized spacial score (nSPS) is 33.9. The van der Waals surface area contributed by atoms with Crippen molar-refractivity contribution in [1.29, 1.82) is 0 Å². The number of fused-ring (bicyclic) bond motifs is 5. The van der Waals surface area contributed by atoms with Crippen LogP contribution in [0, 0.1) is 23.7 Å². The van der Waals surface area contributed by atoms with Crippen molar-refractivity contribution in [3.8, 4) is 0 Å². The summed E-state index contributed by atoms with van der Waals surface area (Å²) < 4.78 is 5.82. The Bertz CT molecular complexity index is 745. The first kappa shape index (κ1) is 14.9. The summed E-state index contributed by atoms with van der Waals surface area (Å²) in [6.07, 6.45) is 10.2. The van der Waals surface area contributed by atoms with E-state index in [-0.39, 0.29) is 35.5 Å². The second-order valence-electron chi connectivity index (χ2n) is 7.46. The summed E-state index contributed by atoms with van der Waals surface area (Å²) >= 11 is 0. The van der Waals surface area contributed by atoms with Crippen LogP contribution in [-0.2, 0) is 9.59 Å². The Labute approximate surface area is 146 Å². The third-order valence-corrected chi connectivity index (χ3v) is 6.03. The van der Waals surface area contributed by atoms with Gasteiger partial charge in [0, 0.05) is 19.2 Å². The fraction of sp³-hybridized carbons (Fsp3) is 0.526. The number of hydrogen-bond donors (Lipinski definition) is 0. The van der Waals surface area contributed by atoms with Crippen LogP contribution in [0.15, 0.2) is 33.8 Å². The number of carbonyl (C=O) groups is 2. The van der Waals surface area contributed by atoms with Crippen molar-refractivity contribution in [2.75, 3.05) is 18.0 Å². The van der Waals surface area contributed by atoms with Crippen molar-refractivity contribution in [1.82, 2.24) is 5.01 Å². The minimum atomic E-state index is -0.208. The smallest absolute Gasteiger partial charge is 0.254 e. The summed E-state index contributed by atoms with van der Waals surface area (Å²) in [5.41, 5.74) is 0. The Kier molecular flexibility index (Phi) is 3.33. The van der Waals surface area contributed by atoms with Gasteiger partial charge in [0.05, 0.1) is 18.1 Å². The highest BCUT2D eigenvalue weighted by molar-refractivity contribution is 6.06. The second kappa shape index (κ2) is 5.58. The molecule has 3 heterocycles. The fourth-order valence-electron chi connectivity index (χ4n) is 4.81. The number of allylic oxidation sites excluding steroid dienone is 2. The van der Waals surface area contributed by atoms with Gasteiger partial charge in [0.25, 0.3) is 11.8 Å². The molecule has 0 N–H and O–H groups in total. The lowest BCUT2D eigenvalue weighted by atomic mass is 9.85. The van der Waals surface area contributed by atoms with Crippen LogP contribution in [0.1, 0.15) is 31.4 Å². The zero-order valence-corrected chi connectivity index (χ0v) is 14.0. The lowest BCUT2D eigenvalue weighted by Crippen LogP contribution is -2.28. The fourth-order valence-corrected chi connectivity index (χ4v) is 4.81. The lowest BCUT2D eigenvalue weighted by Gasteiger charge is -2.25. The van der Waals surface area contributed by atoms with E-state index in [9.17, 15) is 9.59 Å². The maximum atomic E-state index is 12.6. The van der Waals surface area contributed by atoms with E-state index in [2.05, 4.69) is 22.2 Å². The standard InChI is InChI=1S/C19H21N3O3/c23-18-16-12-4-5-13(10-12)17(16)19(24)22(18)20-11-14-6-7-15(25-14)21-8-2-1-3-9-21/h4-7,11-13,16-17H,1-3,8-10H2/b20-11-/t12-,13+,16-,17-/m0/s1. The van der Waals surface area contributed by atoms with Gasteiger partial charge in [0.15, 0.2) is 5.88 Å². The lowest BCUT2D eigenvalue weighted by molar-refractivity contribution is -0.140. The van der Waals surface area contributed by atoms with Crippen LogP contribution in [0.3, 0.4) is 0 Å². The molecular weight excluding hydrogens is 318 g/mol. The topological polar surface area (TPSA) is 66.1 Å². The summed E-state index contributed by atoms with van der Waals surface area (Å²) in [5.74, 6) is 1.08. The molecule has 0 radical (unpaired) electrons. The molecule has 2 bridgehead atoms. The van der Waals surface area contributed by atoms with E-state index >= 15 is 0 Å². The molecule has 130 valence electrons. The predicted molar refractivity (Wildman–Crippen MR) is 91.9 cm³/mol. The Morgan fingerprint density at radius 2 is 1.68 bits per heavy atom. The third kappa shape index (κ3) is 2.27. The molecule has 6 heteroatoms. The molecule has 1 aromatic rings. The van der Waals surface area contributed by atoms with Gasteiger partial charge in [-0.05, 0) is 43.6 Å². The SMILES string of the molecule is O=C1[C@@H]2[C@@H](C(=O)N1/N=C\c1ccc(N3CCCCC3)o1)[C@H]1C=C[C@@H]2C1. The minimum absolute atomic E-state index is 0.161. The van der Waals surface area contributed by atoms with Crippen molar-refractivity contribution >= 4 is 23.9 Å². The number of furan rings is 1. The summed E-state index contributed by atoms with van der Waals surface area (Å²) in [6.45, 7) is 2.01. The average molecular weight is 339 g/mol. The molecule has 2 aliphatic heterocycles. The monoisotopic (exact) mass is 339 g/mol. The quantitative estimate of drug-likeness (QED) is 0.482. The van der Waals surface area contributed by atoms with Crippen molar-refractivity contribution < 1.29 is 14.0 Å². The van der Waals surface area contributed by atoms with E-state index in [0.29, 0.717) is 5.76 Å². The molecule has 0 unspecified atom stereocenters. The minimum Gasteiger partial charge on any atom is -0.440 e. The van der Waals surface area contributed by atoms with Gasteiger partial charge in [0.1, 0.15) is 5.76 Å². The molecule has 1 saturated carbocycles. The van der Waals surface area contributed by atoms with Gasteiger partial charge in [-0.15, -0.1) is 0 Å². The van der Waals surface area contributed by atoms with Crippen molar-refractivity contribution in [2.24, 2.45) is 28.8 Å². The van der Waals surface area contributed by atoms with Gasteiger partial charge in [-0.25, -0.2) is 0 Å². The number of nitrogens with zero attached hydrogens (tertiary/aromatic N) is 3. The molecule has 6 nitrogen and oxygen atoms in total. The highest BCUT2D eigenvalue weighted by Gasteiger charge is 2.59. The van der Waals surface area contributed by atoms with Gasteiger partial charge in [0.2, 0.25) is 0 Å². The van der Waals surface area contributed by atoms with Crippen LogP contribution in [0.5, 0.6) is 0 Å². The van der Waals surface area contributed by atoms with Crippen LogP contribution in [0.25, 0.3) is 0 Å². The average Bonchev–Trinajstić information content (AvgIpc) is 3.40. The van der Waals surface area contributed by atoms with E-state index in [4.69, 9.17) is 4.42 Å². The number of anilines is 1.